The molecular formula is C8H18N2OS. The third-order valence-electron chi connectivity index (χ3n) is 2.24. The van der Waals surface area contributed by atoms with E-state index in [2.05, 4.69) is 4.90 Å². The Bertz CT molecular complexity index is 163. The molecule has 1 aliphatic heterocycles. The lowest BCUT2D eigenvalue weighted by Gasteiger charge is -2.30. The Labute approximate surface area is 76.8 Å². The van der Waals surface area contributed by atoms with Crippen molar-refractivity contribution in [1.29, 1.82) is 0 Å². The number of hydrogen-bond acceptors (Lipinski definition) is 3. The van der Waals surface area contributed by atoms with E-state index in [1.54, 1.807) is 6.26 Å². The molecule has 2 N–H and O–H groups in total. The summed E-state index contributed by atoms with van der Waals surface area (Å²) in [4.78, 5) is 2.32. The van der Waals surface area contributed by atoms with E-state index in [1.807, 2.05) is 0 Å². The second kappa shape index (κ2) is 4.94. The number of nitrogens with two attached hydrogens (primary N) is 1. The second-order valence-corrected chi connectivity index (χ2v) is 5.03. The van der Waals surface area contributed by atoms with Crippen LogP contribution in [0.5, 0.6) is 0 Å². The number of likely N-dealkylation sites (tertiary alicyclic amines) is 1. The van der Waals surface area contributed by atoms with Crippen molar-refractivity contribution < 1.29 is 4.21 Å². The summed E-state index contributed by atoms with van der Waals surface area (Å²) in [5, 5.41) is 0. The van der Waals surface area contributed by atoms with Crippen molar-refractivity contribution in [3.63, 3.8) is 0 Å². The number of hydrogen-bond donors (Lipinski definition) is 1. The average Bonchev–Trinajstić information content (AvgIpc) is 2.01. The van der Waals surface area contributed by atoms with Crippen LogP contribution in [0.4, 0.5) is 0 Å². The highest BCUT2D eigenvalue weighted by molar-refractivity contribution is 7.84. The molecule has 3 nitrogen and oxygen atoms in total. The lowest BCUT2D eigenvalue weighted by molar-refractivity contribution is 0.220. The Morgan fingerprint density at radius 1 is 1.67 bits per heavy atom. The highest BCUT2D eigenvalue weighted by atomic mass is 32.2. The van der Waals surface area contributed by atoms with Crippen LogP contribution in [0.15, 0.2) is 0 Å². The zero-order valence-corrected chi connectivity index (χ0v) is 8.48. The van der Waals surface area contributed by atoms with Crippen molar-refractivity contribution in [2.24, 2.45) is 5.73 Å². The Morgan fingerprint density at radius 3 is 3.00 bits per heavy atom. The summed E-state index contributed by atoms with van der Waals surface area (Å²) in [5.41, 5.74) is 5.81. The molecule has 0 saturated carbocycles. The fraction of sp³-hybridized carbons (Fsp3) is 1.00. The molecule has 1 rings (SSSR count). The van der Waals surface area contributed by atoms with E-state index in [0.717, 1.165) is 31.8 Å². The Balaban J connectivity index is 2.18. The maximum absolute atomic E-state index is 10.8. The first-order valence-corrected chi connectivity index (χ1v) is 6.19. The summed E-state index contributed by atoms with van der Waals surface area (Å²) >= 11 is 0. The first-order valence-electron chi connectivity index (χ1n) is 4.46. The molecule has 4 heteroatoms. The standard InChI is InChI=1S/C8H18N2OS/c1-12(11)6-5-10-4-2-3-8(9)7-10/h8H,2-7,9H2,1H3. The van der Waals surface area contributed by atoms with E-state index in [0.29, 0.717) is 6.04 Å². The van der Waals surface area contributed by atoms with Gasteiger partial charge in [0, 0.05) is 41.9 Å². The lowest BCUT2D eigenvalue weighted by atomic mass is 10.1. The van der Waals surface area contributed by atoms with Gasteiger partial charge in [-0.2, -0.15) is 0 Å². The van der Waals surface area contributed by atoms with E-state index >= 15 is 0 Å². The molecule has 12 heavy (non-hydrogen) atoms. The fourth-order valence-electron chi connectivity index (χ4n) is 1.55. The van der Waals surface area contributed by atoms with Crippen LogP contribution >= 0.6 is 0 Å². The van der Waals surface area contributed by atoms with Crippen LogP contribution in [-0.2, 0) is 10.8 Å². The molecule has 1 heterocycles. The largest absolute Gasteiger partial charge is 0.327 e. The van der Waals surface area contributed by atoms with E-state index in [1.165, 1.54) is 6.42 Å². The molecule has 1 saturated heterocycles. The van der Waals surface area contributed by atoms with Gasteiger partial charge in [-0.05, 0) is 19.4 Å². The van der Waals surface area contributed by atoms with Crippen molar-refractivity contribution in [3.05, 3.63) is 0 Å². The predicted octanol–water partition coefficient (Wildman–Crippen LogP) is -0.212. The van der Waals surface area contributed by atoms with Crippen molar-refractivity contribution >= 4 is 10.8 Å². The maximum atomic E-state index is 10.8. The smallest absolute Gasteiger partial charge is 0.0359 e. The Hall–Kier alpha value is 0.0700. The summed E-state index contributed by atoms with van der Waals surface area (Å²) in [6.45, 7) is 3.05. The van der Waals surface area contributed by atoms with Gasteiger partial charge in [-0.25, -0.2) is 0 Å². The second-order valence-electron chi connectivity index (χ2n) is 3.48. The van der Waals surface area contributed by atoms with Crippen molar-refractivity contribution in [2.75, 3.05) is 31.6 Å². The van der Waals surface area contributed by atoms with Crippen LogP contribution in [0.2, 0.25) is 0 Å². The van der Waals surface area contributed by atoms with Gasteiger partial charge in [0.1, 0.15) is 0 Å². The van der Waals surface area contributed by atoms with Gasteiger partial charge in [0.2, 0.25) is 0 Å². The zero-order chi connectivity index (χ0) is 8.97. The van der Waals surface area contributed by atoms with Gasteiger partial charge < -0.3 is 10.6 Å². The normalized spacial score (nSPS) is 28.7. The minimum absolute atomic E-state index is 0.337. The van der Waals surface area contributed by atoms with Crippen LogP contribution in [0.3, 0.4) is 0 Å². The third-order valence-corrected chi connectivity index (χ3v) is 2.99. The van der Waals surface area contributed by atoms with E-state index in [9.17, 15) is 4.21 Å². The van der Waals surface area contributed by atoms with E-state index in [-0.39, 0.29) is 0 Å². The van der Waals surface area contributed by atoms with Gasteiger partial charge in [0.05, 0.1) is 0 Å². The molecule has 72 valence electrons. The van der Waals surface area contributed by atoms with Gasteiger partial charge in [-0.15, -0.1) is 0 Å². The molecule has 2 atom stereocenters. The minimum atomic E-state index is -0.661. The number of nitrogens with zero attached hydrogens (tertiary/aromatic N) is 1. The van der Waals surface area contributed by atoms with Gasteiger partial charge in [0.25, 0.3) is 0 Å². The van der Waals surface area contributed by atoms with Crippen molar-refractivity contribution in [3.8, 4) is 0 Å². The van der Waals surface area contributed by atoms with Gasteiger partial charge >= 0.3 is 0 Å². The Morgan fingerprint density at radius 2 is 2.42 bits per heavy atom. The summed E-state index contributed by atoms with van der Waals surface area (Å²) < 4.78 is 10.8. The molecule has 0 bridgehead atoms. The molecule has 0 amide bonds. The zero-order valence-electron chi connectivity index (χ0n) is 7.66. The van der Waals surface area contributed by atoms with Gasteiger partial charge in [-0.3, -0.25) is 4.21 Å². The van der Waals surface area contributed by atoms with Crippen LogP contribution in [0.25, 0.3) is 0 Å². The SMILES string of the molecule is CS(=O)CCN1CCCC(N)C1. The van der Waals surface area contributed by atoms with E-state index in [4.69, 9.17) is 5.73 Å². The van der Waals surface area contributed by atoms with Crippen LogP contribution in [0.1, 0.15) is 12.8 Å². The third kappa shape index (κ3) is 3.65. The molecule has 0 aromatic heterocycles. The molecule has 1 fully saturated rings. The van der Waals surface area contributed by atoms with Crippen molar-refractivity contribution in [2.45, 2.75) is 18.9 Å². The van der Waals surface area contributed by atoms with Crippen LogP contribution in [-0.4, -0.2) is 46.8 Å². The molecular weight excluding hydrogens is 172 g/mol. The van der Waals surface area contributed by atoms with Crippen molar-refractivity contribution in [1.82, 2.24) is 4.90 Å². The maximum Gasteiger partial charge on any atom is 0.0359 e. The molecule has 2 unspecified atom stereocenters. The molecule has 0 aliphatic carbocycles. The predicted molar refractivity (Wildman–Crippen MR) is 52.6 cm³/mol. The first-order chi connectivity index (χ1) is 5.68. The van der Waals surface area contributed by atoms with E-state index < -0.39 is 10.8 Å². The van der Waals surface area contributed by atoms with Crippen LogP contribution in [0, 0.1) is 0 Å². The number of rotatable bonds is 3. The highest BCUT2D eigenvalue weighted by Gasteiger charge is 2.15. The average molecular weight is 190 g/mol. The summed E-state index contributed by atoms with van der Waals surface area (Å²) in [6.07, 6.45) is 4.09. The molecule has 0 radical (unpaired) electrons. The quantitative estimate of drug-likeness (QED) is 0.670. The van der Waals surface area contributed by atoms with Gasteiger partial charge in [-0.1, -0.05) is 0 Å². The number of piperidine rings is 1. The molecule has 0 aromatic rings. The molecule has 0 aromatic carbocycles. The monoisotopic (exact) mass is 190 g/mol. The lowest BCUT2D eigenvalue weighted by Crippen LogP contribution is -2.44. The highest BCUT2D eigenvalue weighted by Crippen LogP contribution is 2.07. The summed E-state index contributed by atoms with van der Waals surface area (Å²) in [6, 6.07) is 0.337. The molecule has 0 spiro atoms. The summed E-state index contributed by atoms with van der Waals surface area (Å²) in [7, 11) is -0.661. The molecule has 1 aliphatic rings. The van der Waals surface area contributed by atoms with Gasteiger partial charge in [0.15, 0.2) is 0 Å². The first kappa shape index (κ1) is 10.2. The Kier molecular flexibility index (Phi) is 4.18. The van der Waals surface area contributed by atoms with Crippen LogP contribution < -0.4 is 5.73 Å². The summed E-state index contributed by atoms with van der Waals surface area (Å²) in [5.74, 6) is 0.784. The topological polar surface area (TPSA) is 46.3 Å². The minimum Gasteiger partial charge on any atom is -0.327 e. The fourth-order valence-corrected chi connectivity index (χ4v) is 2.07.